The van der Waals surface area contributed by atoms with Gasteiger partial charge in [0.1, 0.15) is 11.4 Å². The van der Waals surface area contributed by atoms with Crippen LogP contribution in [0.1, 0.15) is 38.7 Å². The van der Waals surface area contributed by atoms with Crippen molar-refractivity contribution < 1.29 is 23.8 Å². The molecule has 1 aromatic rings. The summed E-state index contributed by atoms with van der Waals surface area (Å²) in [6, 6.07) is 5.05. The van der Waals surface area contributed by atoms with Crippen molar-refractivity contribution >= 4 is 11.9 Å². The van der Waals surface area contributed by atoms with Gasteiger partial charge in [-0.25, -0.2) is 4.39 Å². The third-order valence-electron chi connectivity index (χ3n) is 2.36. The maximum atomic E-state index is 12.8. The van der Waals surface area contributed by atoms with E-state index in [-0.39, 0.29) is 6.42 Å². The molecule has 0 aliphatic rings. The fourth-order valence-electron chi connectivity index (χ4n) is 1.59. The first-order chi connectivity index (χ1) is 8.69. The van der Waals surface area contributed by atoms with Gasteiger partial charge < -0.3 is 9.84 Å². The van der Waals surface area contributed by atoms with Crippen molar-refractivity contribution in [2.24, 2.45) is 0 Å². The van der Waals surface area contributed by atoms with Crippen LogP contribution in [0.25, 0.3) is 0 Å². The summed E-state index contributed by atoms with van der Waals surface area (Å²) in [6.45, 7) is 5.12. The van der Waals surface area contributed by atoms with Gasteiger partial charge in [0.2, 0.25) is 0 Å². The molecule has 0 saturated heterocycles. The van der Waals surface area contributed by atoms with E-state index in [1.165, 1.54) is 24.3 Å². The summed E-state index contributed by atoms with van der Waals surface area (Å²) in [5.41, 5.74) is -0.289. The van der Waals surface area contributed by atoms with Crippen LogP contribution < -0.4 is 0 Å². The highest BCUT2D eigenvalue weighted by Crippen LogP contribution is 2.22. The smallest absolute Gasteiger partial charge is 0.311 e. The molecule has 0 bridgehead atoms. The second kappa shape index (κ2) is 5.82. The molecule has 0 aliphatic carbocycles. The lowest BCUT2D eigenvalue weighted by Crippen LogP contribution is -2.26. The van der Waals surface area contributed by atoms with E-state index in [4.69, 9.17) is 9.84 Å². The van der Waals surface area contributed by atoms with Gasteiger partial charge in [-0.05, 0) is 38.5 Å². The largest absolute Gasteiger partial charge is 0.481 e. The standard InChI is InChI=1S/C14H17FO4/c1-14(2,3)19-12(16)8-11(13(17)18)9-4-6-10(15)7-5-9/h4-7,11H,8H2,1-3H3,(H,17,18). The molecule has 0 saturated carbocycles. The minimum Gasteiger partial charge on any atom is -0.481 e. The number of hydrogen-bond donors (Lipinski definition) is 1. The molecule has 1 unspecified atom stereocenters. The number of ether oxygens (including phenoxy) is 1. The number of carboxylic acids is 1. The lowest BCUT2D eigenvalue weighted by molar-refractivity contribution is -0.158. The molecule has 0 fully saturated rings. The summed E-state index contributed by atoms with van der Waals surface area (Å²) < 4.78 is 17.9. The van der Waals surface area contributed by atoms with Crippen LogP contribution in [0.15, 0.2) is 24.3 Å². The molecule has 0 amide bonds. The number of carboxylic acid groups (broad SMARTS) is 1. The average molecular weight is 268 g/mol. The number of rotatable bonds is 4. The molecule has 4 nitrogen and oxygen atoms in total. The SMILES string of the molecule is CC(C)(C)OC(=O)CC(C(=O)O)c1ccc(F)cc1. The van der Waals surface area contributed by atoms with Crippen LogP contribution in [0.2, 0.25) is 0 Å². The van der Waals surface area contributed by atoms with Crippen molar-refractivity contribution in [2.45, 2.75) is 38.7 Å². The van der Waals surface area contributed by atoms with Crippen molar-refractivity contribution in [1.29, 1.82) is 0 Å². The maximum absolute atomic E-state index is 12.8. The summed E-state index contributed by atoms with van der Waals surface area (Å²) in [4.78, 5) is 22.8. The van der Waals surface area contributed by atoms with Crippen LogP contribution in [0.3, 0.4) is 0 Å². The van der Waals surface area contributed by atoms with Crippen LogP contribution in [-0.2, 0) is 14.3 Å². The van der Waals surface area contributed by atoms with Gasteiger partial charge in [0, 0.05) is 0 Å². The zero-order valence-electron chi connectivity index (χ0n) is 11.1. The summed E-state index contributed by atoms with van der Waals surface area (Å²) in [6.07, 6.45) is -0.280. The average Bonchev–Trinajstić information content (AvgIpc) is 2.24. The predicted octanol–water partition coefficient (Wildman–Crippen LogP) is 2.73. The molecule has 0 aromatic heterocycles. The summed E-state index contributed by atoms with van der Waals surface area (Å²) in [5, 5.41) is 9.14. The molecule has 0 spiro atoms. The Hall–Kier alpha value is -1.91. The van der Waals surface area contributed by atoms with E-state index >= 15 is 0 Å². The van der Waals surface area contributed by atoms with E-state index in [1.54, 1.807) is 20.8 Å². The van der Waals surface area contributed by atoms with Crippen LogP contribution in [0.5, 0.6) is 0 Å². The molecule has 1 atom stereocenters. The molecule has 0 heterocycles. The van der Waals surface area contributed by atoms with E-state index in [0.29, 0.717) is 5.56 Å². The molecule has 1 N–H and O–H groups in total. The van der Waals surface area contributed by atoms with Gasteiger partial charge in [-0.15, -0.1) is 0 Å². The maximum Gasteiger partial charge on any atom is 0.311 e. The third-order valence-corrected chi connectivity index (χ3v) is 2.36. The number of benzene rings is 1. The highest BCUT2D eigenvalue weighted by Gasteiger charge is 2.26. The fraction of sp³-hybridized carbons (Fsp3) is 0.429. The van der Waals surface area contributed by atoms with Gasteiger partial charge in [0.15, 0.2) is 0 Å². The topological polar surface area (TPSA) is 63.6 Å². The van der Waals surface area contributed by atoms with Crippen LogP contribution >= 0.6 is 0 Å². The summed E-state index contributed by atoms with van der Waals surface area (Å²) >= 11 is 0. The second-order valence-corrected chi connectivity index (χ2v) is 5.23. The van der Waals surface area contributed by atoms with Gasteiger partial charge in [-0.1, -0.05) is 12.1 Å². The summed E-state index contributed by atoms with van der Waals surface area (Å²) in [5.74, 6) is -3.22. The first kappa shape index (κ1) is 15.1. The highest BCUT2D eigenvalue weighted by atomic mass is 19.1. The number of hydrogen-bond acceptors (Lipinski definition) is 3. The molecule has 19 heavy (non-hydrogen) atoms. The number of carbonyl (C=O) groups excluding carboxylic acids is 1. The summed E-state index contributed by atoms with van der Waals surface area (Å²) in [7, 11) is 0. The number of aliphatic carboxylic acids is 1. The fourth-order valence-corrected chi connectivity index (χ4v) is 1.59. The van der Waals surface area contributed by atoms with Gasteiger partial charge in [-0.3, -0.25) is 9.59 Å². The molecular weight excluding hydrogens is 251 g/mol. The number of halogens is 1. The molecular formula is C14H17FO4. The van der Waals surface area contributed by atoms with Gasteiger partial charge in [0.05, 0.1) is 12.3 Å². The first-order valence-electron chi connectivity index (χ1n) is 5.89. The Morgan fingerprint density at radius 3 is 2.21 bits per heavy atom. The Morgan fingerprint density at radius 1 is 1.26 bits per heavy atom. The minimum atomic E-state index is -1.14. The highest BCUT2D eigenvalue weighted by molar-refractivity contribution is 5.83. The Bertz CT molecular complexity index is 459. The van der Waals surface area contributed by atoms with E-state index in [1.807, 2.05) is 0 Å². The van der Waals surface area contributed by atoms with Crippen molar-refractivity contribution in [3.05, 3.63) is 35.6 Å². The lowest BCUT2D eigenvalue weighted by atomic mass is 9.96. The van der Waals surface area contributed by atoms with Crippen LogP contribution in [-0.4, -0.2) is 22.6 Å². The zero-order chi connectivity index (χ0) is 14.6. The monoisotopic (exact) mass is 268 g/mol. The van der Waals surface area contributed by atoms with Gasteiger partial charge >= 0.3 is 11.9 Å². The van der Waals surface area contributed by atoms with Crippen molar-refractivity contribution in [3.8, 4) is 0 Å². The van der Waals surface area contributed by atoms with Crippen LogP contribution in [0.4, 0.5) is 4.39 Å². The van der Waals surface area contributed by atoms with E-state index in [9.17, 15) is 14.0 Å². The van der Waals surface area contributed by atoms with Gasteiger partial charge in [-0.2, -0.15) is 0 Å². The van der Waals surface area contributed by atoms with E-state index < -0.39 is 29.3 Å². The van der Waals surface area contributed by atoms with Crippen LogP contribution in [0, 0.1) is 5.82 Å². The van der Waals surface area contributed by atoms with E-state index in [2.05, 4.69) is 0 Å². The lowest BCUT2D eigenvalue weighted by Gasteiger charge is -2.21. The molecule has 5 heteroatoms. The second-order valence-electron chi connectivity index (χ2n) is 5.23. The Labute approximate surface area is 111 Å². The van der Waals surface area contributed by atoms with E-state index in [0.717, 1.165) is 0 Å². The molecule has 0 radical (unpaired) electrons. The third kappa shape index (κ3) is 5.07. The zero-order valence-corrected chi connectivity index (χ0v) is 11.1. The number of esters is 1. The van der Waals surface area contributed by atoms with Crippen molar-refractivity contribution in [3.63, 3.8) is 0 Å². The van der Waals surface area contributed by atoms with Crippen molar-refractivity contribution in [1.82, 2.24) is 0 Å². The molecule has 0 aliphatic heterocycles. The first-order valence-corrected chi connectivity index (χ1v) is 5.89. The number of carbonyl (C=O) groups is 2. The Morgan fingerprint density at radius 2 is 1.79 bits per heavy atom. The molecule has 1 rings (SSSR count). The minimum absolute atomic E-state index is 0.280. The Balaban J connectivity index is 2.82. The van der Waals surface area contributed by atoms with Gasteiger partial charge in [0.25, 0.3) is 0 Å². The molecule has 104 valence electrons. The predicted molar refractivity (Wildman–Crippen MR) is 67.2 cm³/mol. The Kier molecular flexibility index (Phi) is 4.64. The quantitative estimate of drug-likeness (QED) is 0.853. The van der Waals surface area contributed by atoms with Crippen molar-refractivity contribution in [2.75, 3.05) is 0 Å². The molecule has 1 aromatic carbocycles. The normalized spacial score (nSPS) is 12.8.